The Bertz CT molecular complexity index is 286. The van der Waals surface area contributed by atoms with Crippen molar-refractivity contribution in [3.63, 3.8) is 0 Å². The molecule has 0 spiro atoms. The number of rotatable bonds is 5. The fourth-order valence-electron chi connectivity index (χ4n) is 2.22. The second-order valence-electron chi connectivity index (χ2n) is 4.42. The quantitative estimate of drug-likeness (QED) is 0.285. The third-order valence-corrected chi connectivity index (χ3v) is 3.22. The second kappa shape index (κ2) is 6.44. The lowest BCUT2D eigenvalue weighted by Gasteiger charge is -2.36. The van der Waals surface area contributed by atoms with Crippen LogP contribution in [0.3, 0.4) is 0 Å². The van der Waals surface area contributed by atoms with Crippen molar-refractivity contribution >= 4 is 11.7 Å². The average Bonchev–Trinajstić information content (AvgIpc) is 2.36. The number of carbonyl (C=O) groups is 1. The summed E-state index contributed by atoms with van der Waals surface area (Å²) in [4.78, 5) is 11.7. The molecule has 1 fully saturated rings. The smallest absolute Gasteiger partial charge is 0.223 e. The fourth-order valence-corrected chi connectivity index (χ4v) is 2.22. The number of amides is 1. The van der Waals surface area contributed by atoms with Gasteiger partial charge in [0.25, 0.3) is 0 Å². The first-order valence-electron chi connectivity index (χ1n) is 5.92. The van der Waals surface area contributed by atoms with Gasteiger partial charge in [0.1, 0.15) is 5.54 Å². The minimum Gasteiger partial charge on any atom is -0.409 e. The number of hydrogen-bond acceptors (Lipinski definition) is 4. The number of nitrogens with zero attached hydrogens (tertiary/aromatic N) is 1. The van der Waals surface area contributed by atoms with E-state index in [-0.39, 0.29) is 18.2 Å². The molecule has 1 amide bonds. The van der Waals surface area contributed by atoms with Crippen molar-refractivity contribution in [2.75, 3.05) is 13.7 Å². The molecule has 1 aliphatic carbocycles. The molecule has 1 saturated carbocycles. The number of carbonyl (C=O) groups excluding carboxylic acids is 1. The van der Waals surface area contributed by atoms with Crippen LogP contribution in [0.2, 0.25) is 0 Å². The van der Waals surface area contributed by atoms with E-state index >= 15 is 0 Å². The van der Waals surface area contributed by atoms with Gasteiger partial charge >= 0.3 is 0 Å². The summed E-state index contributed by atoms with van der Waals surface area (Å²) in [6.45, 7) is 0.373. The molecule has 6 heteroatoms. The number of hydrogen-bond donors (Lipinski definition) is 3. The Kier molecular flexibility index (Phi) is 5.21. The highest BCUT2D eigenvalue weighted by atomic mass is 16.5. The summed E-state index contributed by atoms with van der Waals surface area (Å²) < 4.78 is 4.85. The average molecular weight is 243 g/mol. The van der Waals surface area contributed by atoms with E-state index in [4.69, 9.17) is 15.7 Å². The van der Waals surface area contributed by atoms with Crippen LogP contribution in [0.4, 0.5) is 0 Å². The minimum absolute atomic E-state index is 0.1000. The van der Waals surface area contributed by atoms with Gasteiger partial charge in [-0.15, -0.1) is 0 Å². The normalized spacial score (nSPS) is 19.9. The van der Waals surface area contributed by atoms with Crippen molar-refractivity contribution < 1.29 is 14.7 Å². The summed E-state index contributed by atoms with van der Waals surface area (Å²) >= 11 is 0. The molecule has 0 radical (unpaired) electrons. The van der Waals surface area contributed by atoms with Gasteiger partial charge < -0.3 is 21.0 Å². The molecule has 0 aromatic rings. The van der Waals surface area contributed by atoms with Crippen molar-refractivity contribution in [3.05, 3.63) is 0 Å². The van der Waals surface area contributed by atoms with E-state index in [0.29, 0.717) is 6.61 Å². The van der Waals surface area contributed by atoms with Crippen LogP contribution >= 0.6 is 0 Å². The first-order valence-corrected chi connectivity index (χ1v) is 5.92. The zero-order valence-electron chi connectivity index (χ0n) is 10.2. The molecular weight excluding hydrogens is 222 g/mol. The molecule has 0 unspecified atom stereocenters. The van der Waals surface area contributed by atoms with Crippen LogP contribution in [-0.2, 0) is 9.53 Å². The lowest BCUT2D eigenvalue weighted by Crippen LogP contribution is -2.58. The van der Waals surface area contributed by atoms with Crippen LogP contribution in [0.25, 0.3) is 0 Å². The SMILES string of the molecule is COCCC(=O)NC1(C(N)=NO)CCCCC1. The highest BCUT2D eigenvalue weighted by Crippen LogP contribution is 2.28. The maximum absolute atomic E-state index is 11.7. The predicted octanol–water partition coefficient (Wildman–Crippen LogP) is 0.588. The van der Waals surface area contributed by atoms with E-state index in [1.165, 1.54) is 0 Å². The Morgan fingerprint density at radius 1 is 1.47 bits per heavy atom. The molecule has 0 saturated heterocycles. The summed E-state index contributed by atoms with van der Waals surface area (Å²) in [5.74, 6) is -0.0247. The molecule has 6 nitrogen and oxygen atoms in total. The van der Waals surface area contributed by atoms with Gasteiger partial charge in [-0.05, 0) is 12.8 Å². The number of amidine groups is 1. The Labute approximate surface area is 101 Å². The first-order chi connectivity index (χ1) is 8.14. The van der Waals surface area contributed by atoms with Gasteiger partial charge in [0.05, 0.1) is 6.61 Å². The van der Waals surface area contributed by atoms with Gasteiger partial charge in [-0.3, -0.25) is 4.79 Å². The Hall–Kier alpha value is -1.30. The number of oxime groups is 1. The van der Waals surface area contributed by atoms with E-state index in [1.54, 1.807) is 7.11 Å². The van der Waals surface area contributed by atoms with E-state index in [2.05, 4.69) is 10.5 Å². The fraction of sp³-hybridized carbons (Fsp3) is 0.818. The van der Waals surface area contributed by atoms with Gasteiger partial charge in [0.15, 0.2) is 5.84 Å². The summed E-state index contributed by atoms with van der Waals surface area (Å²) in [6.07, 6.45) is 4.80. The molecule has 1 rings (SSSR count). The maximum Gasteiger partial charge on any atom is 0.223 e. The summed E-state index contributed by atoms with van der Waals surface area (Å²) in [5, 5.41) is 14.8. The van der Waals surface area contributed by atoms with Crippen LogP contribution in [0.15, 0.2) is 5.16 Å². The van der Waals surface area contributed by atoms with Crippen molar-refractivity contribution in [3.8, 4) is 0 Å². The lowest BCUT2D eigenvalue weighted by atomic mass is 9.80. The topological polar surface area (TPSA) is 96.9 Å². The standard InChI is InChI=1S/C11H21N3O3/c1-17-8-5-9(15)13-11(10(12)14-16)6-3-2-4-7-11/h16H,2-8H2,1H3,(H2,12,14)(H,13,15). The molecule has 0 heterocycles. The molecule has 17 heavy (non-hydrogen) atoms. The highest BCUT2D eigenvalue weighted by molar-refractivity contribution is 5.94. The van der Waals surface area contributed by atoms with E-state index in [1.807, 2.05) is 0 Å². The Morgan fingerprint density at radius 3 is 2.65 bits per heavy atom. The molecule has 0 aliphatic heterocycles. The van der Waals surface area contributed by atoms with Crippen molar-refractivity contribution in [2.45, 2.75) is 44.1 Å². The second-order valence-corrected chi connectivity index (χ2v) is 4.42. The highest BCUT2D eigenvalue weighted by Gasteiger charge is 2.37. The van der Waals surface area contributed by atoms with Gasteiger partial charge in [0, 0.05) is 13.5 Å². The van der Waals surface area contributed by atoms with Gasteiger partial charge in [-0.25, -0.2) is 0 Å². The maximum atomic E-state index is 11.7. The molecule has 0 aromatic heterocycles. The largest absolute Gasteiger partial charge is 0.409 e. The van der Waals surface area contributed by atoms with Crippen LogP contribution in [0, 0.1) is 0 Å². The molecule has 1 aliphatic rings. The van der Waals surface area contributed by atoms with Crippen LogP contribution in [-0.4, -0.2) is 36.2 Å². The molecular formula is C11H21N3O3. The van der Waals surface area contributed by atoms with Crippen LogP contribution in [0.5, 0.6) is 0 Å². The monoisotopic (exact) mass is 243 g/mol. The number of nitrogens with one attached hydrogen (secondary N) is 1. The van der Waals surface area contributed by atoms with E-state index in [9.17, 15) is 4.79 Å². The first kappa shape index (κ1) is 13.8. The Morgan fingerprint density at radius 2 is 2.12 bits per heavy atom. The molecule has 98 valence electrons. The van der Waals surface area contributed by atoms with Crippen LogP contribution < -0.4 is 11.1 Å². The zero-order chi connectivity index (χ0) is 12.7. The number of ether oxygens (including phenoxy) is 1. The summed E-state index contributed by atoms with van der Waals surface area (Å²) in [6, 6.07) is 0. The third-order valence-electron chi connectivity index (χ3n) is 3.22. The lowest BCUT2D eigenvalue weighted by molar-refractivity contribution is -0.123. The summed E-state index contributed by atoms with van der Waals surface area (Å²) in [5.41, 5.74) is 5.04. The van der Waals surface area contributed by atoms with Crippen molar-refractivity contribution in [2.24, 2.45) is 10.9 Å². The third kappa shape index (κ3) is 3.59. The van der Waals surface area contributed by atoms with Crippen molar-refractivity contribution in [1.82, 2.24) is 5.32 Å². The van der Waals surface area contributed by atoms with E-state index < -0.39 is 5.54 Å². The number of methoxy groups -OCH3 is 1. The zero-order valence-corrected chi connectivity index (χ0v) is 10.2. The van der Waals surface area contributed by atoms with E-state index in [0.717, 1.165) is 32.1 Å². The Balaban J connectivity index is 2.67. The molecule has 0 bridgehead atoms. The summed E-state index contributed by atoms with van der Waals surface area (Å²) in [7, 11) is 1.55. The van der Waals surface area contributed by atoms with Crippen molar-refractivity contribution in [1.29, 1.82) is 0 Å². The minimum atomic E-state index is -0.669. The number of nitrogens with two attached hydrogens (primary N) is 1. The van der Waals surface area contributed by atoms with Gasteiger partial charge in [-0.1, -0.05) is 24.4 Å². The molecule has 4 N–H and O–H groups in total. The van der Waals surface area contributed by atoms with Gasteiger partial charge in [-0.2, -0.15) is 0 Å². The van der Waals surface area contributed by atoms with Gasteiger partial charge in [0.2, 0.25) is 5.91 Å². The van der Waals surface area contributed by atoms with Crippen LogP contribution in [0.1, 0.15) is 38.5 Å². The molecule has 0 atom stereocenters. The predicted molar refractivity (Wildman–Crippen MR) is 63.9 cm³/mol. The molecule has 0 aromatic carbocycles.